The SMILES string of the molecule is COC(=O)c1ccc(-c2nc(N3C4CCC3CC(OCc3c(-c5c(Cl)cccc5Cl)noc3C3CC3)C4)no2)cc1Cl. The predicted octanol–water partition coefficient (Wildman–Crippen LogP) is 7.73. The highest BCUT2D eigenvalue weighted by molar-refractivity contribution is 6.39. The van der Waals surface area contributed by atoms with E-state index in [1.165, 1.54) is 7.11 Å². The first kappa shape index (κ1) is 27.7. The quantitative estimate of drug-likeness (QED) is 0.181. The van der Waals surface area contributed by atoms with Crippen LogP contribution in [0.25, 0.3) is 22.7 Å². The zero-order valence-corrected chi connectivity index (χ0v) is 25.0. The fourth-order valence-electron chi connectivity index (χ4n) is 6.20. The van der Waals surface area contributed by atoms with Gasteiger partial charge in [-0.2, -0.15) is 4.98 Å². The number of carbonyl (C=O) groups excluding carboxylic acids is 1. The minimum Gasteiger partial charge on any atom is -0.465 e. The Morgan fingerprint density at radius 3 is 2.38 bits per heavy atom. The van der Waals surface area contributed by atoms with Crippen LogP contribution in [0.4, 0.5) is 5.95 Å². The second-order valence-electron chi connectivity index (χ2n) is 11.0. The maximum atomic E-state index is 11.9. The standard InChI is InChI=1S/C30H27Cl3N4O5/c1-39-29(38)20-10-7-16(11-24(20)33)28-34-30(36-42-28)37-17-8-9-18(37)13-19(12-17)40-14-21-26(35-41-27(21)15-5-6-15)25-22(31)3-2-4-23(25)32/h2-4,7,10-11,15,17-19H,5-6,8-9,12-14H2,1H3. The van der Waals surface area contributed by atoms with Crippen molar-refractivity contribution in [1.82, 2.24) is 15.3 Å². The van der Waals surface area contributed by atoms with Crippen LogP contribution in [0, 0.1) is 0 Å². The second-order valence-corrected chi connectivity index (χ2v) is 12.2. The summed E-state index contributed by atoms with van der Waals surface area (Å²) in [5.41, 5.74) is 3.18. The Bertz CT molecular complexity index is 1620. The number of rotatable bonds is 8. The van der Waals surface area contributed by atoms with Gasteiger partial charge in [0, 0.05) is 34.7 Å². The molecule has 2 aromatic carbocycles. The molecule has 0 spiro atoms. The maximum absolute atomic E-state index is 11.9. The number of hydrogen-bond acceptors (Lipinski definition) is 9. The lowest BCUT2D eigenvalue weighted by Crippen LogP contribution is -2.46. The largest absolute Gasteiger partial charge is 0.465 e. The number of nitrogens with zero attached hydrogens (tertiary/aromatic N) is 4. The molecule has 42 heavy (non-hydrogen) atoms. The Morgan fingerprint density at radius 2 is 1.71 bits per heavy atom. The third-order valence-electron chi connectivity index (χ3n) is 8.39. The maximum Gasteiger partial charge on any atom is 0.339 e. The third kappa shape index (κ3) is 5.06. The number of esters is 1. The van der Waals surface area contributed by atoms with Crippen molar-refractivity contribution in [3.63, 3.8) is 0 Å². The molecular formula is C30H27Cl3N4O5. The smallest absolute Gasteiger partial charge is 0.339 e. The van der Waals surface area contributed by atoms with E-state index in [0.29, 0.717) is 51.2 Å². The van der Waals surface area contributed by atoms with Crippen molar-refractivity contribution in [2.75, 3.05) is 12.0 Å². The van der Waals surface area contributed by atoms with Crippen LogP contribution in [0.1, 0.15) is 66.1 Å². The molecule has 12 heteroatoms. The van der Waals surface area contributed by atoms with Crippen LogP contribution in [0.2, 0.25) is 15.1 Å². The molecule has 2 aliphatic heterocycles. The highest BCUT2D eigenvalue weighted by atomic mass is 35.5. The van der Waals surface area contributed by atoms with Gasteiger partial charge in [-0.15, -0.1) is 0 Å². The van der Waals surface area contributed by atoms with E-state index < -0.39 is 5.97 Å². The lowest BCUT2D eigenvalue weighted by atomic mass is 9.99. The van der Waals surface area contributed by atoms with Gasteiger partial charge in [0.1, 0.15) is 11.5 Å². The van der Waals surface area contributed by atoms with Crippen molar-refractivity contribution < 1.29 is 23.3 Å². The van der Waals surface area contributed by atoms with Crippen LogP contribution in [0.15, 0.2) is 45.4 Å². The second kappa shape index (κ2) is 11.2. The Morgan fingerprint density at radius 1 is 0.976 bits per heavy atom. The van der Waals surface area contributed by atoms with Crippen molar-refractivity contribution in [1.29, 1.82) is 0 Å². The summed E-state index contributed by atoms with van der Waals surface area (Å²) in [5, 5.41) is 10.0. The molecule has 3 fully saturated rings. The van der Waals surface area contributed by atoms with Gasteiger partial charge in [-0.1, -0.05) is 46.0 Å². The number of hydrogen-bond donors (Lipinski definition) is 0. The van der Waals surface area contributed by atoms with E-state index in [9.17, 15) is 4.79 Å². The molecule has 0 radical (unpaired) electrons. The molecule has 9 nitrogen and oxygen atoms in total. The zero-order valence-electron chi connectivity index (χ0n) is 22.7. The van der Waals surface area contributed by atoms with Gasteiger partial charge >= 0.3 is 5.97 Å². The van der Waals surface area contributed by atoms with E-state index >= 15 is 0 Å². The summed E-state index contributed by atoms with van der Waals surface area (Å²) in [7, 11) is 1.31. The topological polar surface area (TPSA) is 104 Å². The number of piperidine rings is 1. The summed E-state index contributed by atoms with van der Waals surface area (Å²) in [6.07, 6.45) is 5.94. The van der Waals surface area contributed by atoms with Gasteiger partial charge in [0.2, 0.25) is 0 Å². The van der Waals surface area contributed by atoms with E-state index in [1.807, 2.05) is 18.2 Å². The minimum absolute atomic E-state index is 0.0614. The van der Waals surface area contributed by atoms with Crippen LogP contribution < -0.4 is 4.90 Å². The molecule has 4 heterocycles. The Balaban J connectivity index is 1.06. The van der Waals surface area contributed by atoms with Crippen LogP contribution >= 0.6 is 34.8 Å². The Labute approximate surface area is 257 Å². The summed E-state index contributed by atoms with van der Waals surface area (Å²) in [6, 6.07) is 10.8. The molecule has 2 saturated heterocycles. The van der Waals surface area contributed by atoms with Gasteiger partial charge in [0.15, 0.2) is 0 Å². The predicted molar refractivity (Wildman–Crippen MR) is 157 cm³/mol. The normalized spacial score (nSPS) is 21.6. The fourth-order valence-corrected chi connectivity index (χ4v) is 7.03. The summed E-state index contributed by atoms with van der Waals surface area (Å²) in [6.45, 7) is 0.380. The van der Waals surface area contributed by atoms with E-state index in [0.717, 1.165) is 49.8 Å². The Hall–Kier alpha value is -3.11. The summed E-state index contributed by atoms with van der Waals surface area (Å²) in [5.74, 6) is 1.63. The van der Waals surface area contributed by atoms with Crippen molar-refractivity contribution in [2.45, 2.75) is 69.2 Å². The third-order valence-corrected chi connectivity index (χ3v) is 9.33. The number of methoxy groups -OCH3 is 1. The molecular weight excluding hydrogens is 603 g/mol. The van der Waals surface area contributed by atoms with E-state index in [1.54, 1.807) is 18.2 Å². The van der Waals surface area contributed by atoms with Gasteiger partial charge < -0.3 is 23.4 Å². The lowest BCUT2D eigenvalue weighted by molar-refractivity contribution is 0.0144. The summed E-state index contributed by atoms with van der Waals surface area (Å²) in [4.78, 5) is 18.8. The van der Waals surface area contributed by atoms with E-state index in [4.69, 9.17) is 53.3 Å². The number of aromatic nitrogens is 3. The average Bonchev–Trinajstić information content (AvgIpc) is 3.45. The molecule has 2 unspecified atom stereocenters. The first-order valence-electron chi connectivity index (χ1n) is 14.0. The number of benzene rings is 2. The molecule has 4 aromatic rings. The molecule has 1 saturated carbocycles. The van der Waals surface area contributed by atoms with Gasteiger partial charge in [0.25, 0.3) is 11.8 Å². The molecule has 1 aliphatic carbocycles. The molecule has 2 atom stereocenters. The molecule has 218 valence electrons. The van der Waals surface area contributed by atoms with Crippen LogP contribution in [0.5, 0.6) is 0 Å². The van der Waals surface area contributed by atoms with Gasteiger partial charge in [-0.3, -0.25) is 0 Å². The van der Waals surface area contributed by atoms with Crippen molar-refractivity contribution in [2.24, 2.45) is 0 Å². The molecule has 2 bridgehead atoms. The van der Waals surface area contributed by atoms with E-state index in [-0.39, 0.29) is 28.8 Å². The van der Waals surface area contributed by atoms with Gasteiger partial charge in [-0.25, -0.2) is 4.79 Å². The van der Waals surface area contributed by atoms with E-state index in [2.05, 4.69) is 20.2 Å². The first-order valence-corrected chi connectivity index (χ1v) is 15.1. The van der Waals surface area contributed by atoms with Crippen LogP contribution in [-0.4, -0.2) is 46.6 Å². The lowest BCUT2D eigenvalue weighted by Gasteiger charge is -2.37. The van der Waals surface area contributed by atoms with Gasteiger partial charge in [0.05, 0.1) is 40.5 Å². The zero-order chi connectivity index (χ0) is 29.0. The molecule has 3 aliphatic rings. The first-order chi connectivity index (χ1) is 20.4. The number of fused-ring (bicyclic) bond motifs is 2. The molecule has 0 N–H and O–H groups in total. The number of halogens is 3. The number of carbonyl (C=O) groups is 1. The van der Waals surface area contributed by atoms with Crippen LogP contribution in [-0.2, 0) is 16.1 Å². The summed E-state index contributed by atoms with van der Waals surface area (Å²) >= 11 is 19.4. The fraction of sp³-hybridized carbons (Fsp3) is 0.400. The monoisotopic (exact) mass is 628 g/mol. The van der Waals surface area contributed by atoms with Crippen molar-refractivity contribution >= 4 is 46.7 Å². The summed E-state index contributed by atoms with van der Waals surface area (Å²) < 4.78 is 22.7. The number of anilines is 1. The Kier molecular flexibility index (Phi) is 7.38. The molecule has 7 rings (SSSR count). The number of ether oxygens (including phenoxy) is 2. The highest BCUT2D eigenvalue weighted by Gasteiger charge is 2.43. The minimum atomic E-state index is -0.504. The molecule has 2 aromatic heterocycles. The van der Waals surface area contributed by atoms with Crippen molar-refractivity contribution in [3.8, 4) is 22.7 Å². The van der Waals surface area contributed by atoms with Gasteiger partial charge in [-0.05, 0) is 74.0 Å². The molecule has 0 amide bonds. The van der Waals surface area contributed by atoms with Crippen molar-refractivity contribution in [3.05, 3.63) is 68.4 Å². The highest BCUT2D eigenvalue weighted by Crippen LogP contribution is 2.47. The average molecular weight is 630 g/mol. The van der Waals surface area contributed by atoms with Crippen LogP contribution in [0.3, 0.4) is 0 Å².